The van der Waals surface area contributed by atoms with E-state index < -0.39 is 34.2 Å². The number of carbonyl (C=O) groups excluding carboxylic acids is 1. The Balaban J connectivity index is 1.72. The Kier molecular flexibility index (Phi) is 9.93. The third-order valence-electron chi connectivity index (χ3n) is 5.54. The van der Waals surface area contributed by atoms with Crippen molar-refractivity contribution in [2.45, 2.75) is 55.3 Å². The fraction of sp³-hybridized carbons (Fsp3) is 0.321. The first-order chi connectivity index (χ1) is 18.2. The van der Waals surface area contributed by atoms with Gasteiger partial charge in [0.1, 0.15) is 11.4 Å². The molecule has 0 fully saturated rings. The topological polar surface area (TPSA) is 93.1 Å². The lowest BCUT2D eigenvalue weighted by molar-refractivity contribution is -0.0498. The highest BCUT2D eigenvalue weighted by atomic mass is 35.5. The Morgan fingerprint density at radius 2 is 1.59 bits per heavy atom. The van der Waals surface area contributed by atoms with Crippen LogP contribution in [0.1, 0.15) is 38.0 Å². The molecule has 0 heterocycles. The molecule has 39 heavy (non-hydrogen) atoms. The predicted molar refractivity (Wildman–Crippen MR) is 143 cm³/mol. The minimum absolute atomic E-state index is 0.0224. The van der Waals surface area contributed by atoms with Gasteiger partial charge in [-0.3, -0.25) is 0 Å². The molecule has 0 aliphatic carbocycles. The SMILES string of the molecule is CC(C)(C)OC(=O)N(CCc1ccc(S(=O)(=O)c2ccc(OC(F)F)cc2)cc1)CC(O)c1cccc(Cl)c1. The summed E-state index contributed by atoms with van der Waals surface area (Å²) >= 11 is 6.03. The van der Waals surface area contributed by atoms with E-state index in [1.807, 2.05) is 0 Å². The zero-order chi connectivity index (χ0) is 28.8. The van der Waals surface area contributed by atoms with Crippen LogP contribution in [0.2, 0.25) is 5.02 Å². The average Bonchev–Trinajstić information content (AvgIpc) is 2.85. The van der Waals surface area contributed by atoms with Crippen molar-refractivity contribution >= 4 is 27.5 Å². The molecule has 1 N–H and O–H groups in total. The molecule has 0 spiro atoms. The van der Waals surface area contributed by atoms with Gasteiger partial charge in [-0.2, -0.15) is 8.78 Å². The van der Waals surface area contributed by atoms with Crippen LogP contribution in [0.25, 0.3) is 0 Å². The van der Waals surface area contributed by atoms with Gasteiger partial charge in [0.25, 0.3) is 0 Å². The third kappa shape index (κ3) is 8.91. The van der Waals surface area contributed by atoms with E-state index in [2.05, 4.69) is 4.74 Å². The highest BCUT2D eigenvalue weighted by Crippen LogP contribution is 2.25. The fourth-order valence-electron chi connectivity index (χ4n) is 3.65. The molecule has 0 aliphatic heterocycles. The Labute approximate surface area is 231 Å². The van der Waals surface area contributed by atoms with Crippen molar-refractivity contribution in [2.75, 3.05) is 13.1 Å². The van der Waals surface area contributed by atoms with E-state index in [9.17, 15) is 27.1 Å². The molecule has 0 aromatic heterocycles. The molecular formula is C28H30ClF2NO6S. The molecule has 11 heteroatoms. The summed E-state index contributed by atoms with van der Waals surface area (Å²) in [6, 6.07) is 17.6. The molecule has 0 bridgehead atoms. The van der Waals surface area contributed by atoms with Crippen LogP contribution in [0.5, 0.6) is 5.75 Å². The van der Waals surface area contributed by atoms with Crippen LogP contribution in [-0.2, 0) is 21.0 Å². The fourth-order valence-corrected chi connectivity index (χ4v) is 5.11. The standard InChI is InChI=1S/C28H30ClF2NO6S/c1-28(2,3)38-27(34)32(18-25(33)20-5-4-6-21(29)17-20)16-15-19-7-11-23(12-8-19)39(35,36)24-13-9-22(10-14-24)37-26(30)31/h4-14,17,25-26,33H,15-16,18H2,1-3H3. The number of aliphatic hydroxyl groups is 1. The lowest BCUT2D eigenvalue weighted by Crippen LogP contribution is -2.40. The molecule has 1 amide bonds. The molecule has 0 radical (unpaired) electrons. The van der Waals surface area contributed by atoms with Crippen molar-refractivity contribution < 1.29 is 36.6 Å². The smallest absolute Gasteiger partial charge is 0.410 e. The van der Waals surface area contributed by atoms with Gasteiger partial charge in [-0.25, -0.2) is 13.2 Å². The van der Waals surface area contributed by atoms with E-state index >= 15 is 0 Å². The predicted octanol–water partition coefficient (Wildman–Crippen LogP) is 6.29. The van der Waals surface area contributed by atoms with Crippen LogP contribution >= 0.6 is 11.6 Å². The van der Waals surface area contributed by atoms with Crippen LogP contribution in [0.4, 0.5) is 13.6 Å². The first-order valence-corrected chi connectivity index (χ1v) is 13.9. The second kappa shape index (κ2) is 12.8. The minimum atomic E-state index is -3.89. The molecule has 1 atom stereocenters. The van der Waals surface area contributed by atoms with Crippen molar-refractivity contribution in [2.24, 2.45) is 0 Å². The van der Waals surface area contributed by atoms with E-state index in [1.54, 1.807) is 57.2 Å². The zero-order valence-corrected chi connectivity index (χ0v) is 23.3. The maximum atomic E-state index is 13.0. The molecular weight excluding hydrogens is 552 g/mol. The first kappa shape index (κ1) is 30.3. The number of carbonyl (C=O) groups is 1. The molecule has 7 nitrogen and oxygen atoms in total. The molecule has 0 saturated carbocycles. The third-order valence-corrected chi connectivity index (χ3v) is 7.56. The zero-order valence-electron chi connectivity index (χ0n) is 21.7. The van der Waals surface area contributed by atoms with Crippen molar-refractivity contribution in [3.63, 3.8) is 0 Å². The quantitative estimate of drug-likeness (QED) is 0.303. The Morgan fingerprint density at radius 3 is 2.13 bits per heavy atom. The number of hydrogen-bond donors (Lipinski definition) is 1. The van der Waals surface area contributed by atoms with Gasteiger partial charge in [0.2, 0.25) is 9.84 Å². The lowest BCUT2D eigenvalue weighted by Gasteiger charge is -2.29. The second-order valence-corrected chi connectivity index (χ2v) is 12.1. The summed E-state index contributed by atoms with van der Waals surface area (Å²) in [5.74, 6) is -0.144. The van der Waals surface area contributed by atoms with Crippen molar-refractivity contribution in [1.29, 1.82) is 0 Å². The molecule has 3 aromatic carbocycles. The van der Waals surface area contributed by atoms with E-state index in [0.29, 0.717) is 17.0 Å². The average molecular weight is 582 g/mol. The van der Waals surface area contributed by atoms with E-state index in [-0.39, 0.29) is 28.6 Å². The summed E-state index contributed by atoms with van der Waals surface area (Å²) in [5, 5.41) is 11.2. The molecule has 0 aliphatic rings. The number of alkyl halides is 2. The van der Waals surface area contributed by atoms with E-state index in [4.69, 9.17) is 16.3 Å². The Hall–Kier alpha value is -3.21. The van der Waals surface area contributed by atoms with Gasteiger partial charge in [0, 0.05) is 11.6 Å². The number of benzene rings is 3. The van der Waals surface area contributed by atoms with Crippen LogP contribution < -0.4 is 4.74 Å². The van der Waals surface area contributed by atoms with Crippen molar-refractivity contribution in [1.82, 2.24) is 4.90 Å². The summed E-state index contributed by atoms with van der Waals surface area (Å²) in [5.41, 5.74) is 0.565. The number of nitrogens with zero attached hydrogens (tertiary/aromatic N) is 1. The summed E-state index contributed by atoms with van der Waals surface area (Å²) in [6.07, 6.45) is -1.23. The van der Waals surface area contributed by atoms with Gasteiger partial charge in [0.05, 0.1) is 22.4 Å². The second-order valence-electron chi connectivity index (χ2n) is 9.74. The van der Waals surface area contributed by atoms with Gasteiger partial charge in [-0.15, -0.1) is 0 Å². The monoisotopic (exact) mass is 581 g/mol. The summed E-state index contributed by atoms with van der Waals surface area (Å²) < 4.78 is 60.4. The number of rotatable bonds is 10. The molecule has 3 aromatic rings. The number of hydrogen-bond acceptors (Lipinski definition) is 6. The number of halogens is 3. The lowest BCUT2D eigenvalue weighted by atomic mass is 10.1. The maximum absolute atomic E-state index is 13.0. The number of sulfone groups is 1. The van der Waals surface area contributed by atoms with Gasteiger partial charge < -0.3 is 19.5 Å². The normalized spacial score (nSPS) is 12.7. The van der Waals surface area contributed by atoms with Crippen LogP contribution in [0.15, 0.2) is 82.6 Å². The molecule has 210 valence electrons. The number of ether oxygens (including phenoxy) is 2. The summed E-state index contributed by atoms with van der Waals surface area (Å²) in [6.45, 7) is 2.39. The Morgan fingerprint density at radius 1 is 1.00 bits per heavy atom. The molecule has 3 rings (SSSR count). The summed E-state index contributed by atoms with van der Waals surface area (Å²) in [7, 11) is -3.89. The van der Waals surface area contributed by atoms with Gasteiger partial charge in [0.15, 0.2) is 0 Å². The first-order valence-electron chi connectivity index (χ1n) is 12.0. The van der Waals surface area contributed by atoms with Crippen LogP contribution in [0, 0.1) is 0 Å². The minimum Gasteiger partial charge on any atom is -0.444 e. The molecule has 0 saturated heterocycles. The highest BCUT2D eigenvalue weighted by molar-refractivity contribution is 7.91. The van der Waals surface area contributed by atoms with Crippen LogP contribution in [-0.4, -0.2) is 49.8 Å². The van der Waals surface area contributed by atoms with Crippen LogP contribution in [0.3, 0.4) is 0 Å². The largest absolute Gasteiger partial charge is 0.444 e. The van der Waals surface area contributed by atoms with Gasteiger partial charge >= 0.3 is 12.7 Å². The maximum Gasteiger partial charge on any atom is 0.410 e. The summed E-state index contributed by atoms with van der Waals surface area (Å²) in [4.78, 5) is 14.2. The van der Waals surface area contributed by atoms with Gasteiger partial charge in [-0.1, -0.05) is 35.9 Å². The van der Waals surface area contributed by atoms with E-state index in [0.717, 1.165) is 17.7 Å². The van der Waals surface area contributed by atoms with Crippen molar-refractivity contribution in [3.8, 4) is 5.75 Å². The van der Waals surface area contributed by atoms with Gasteiger partial charge in [-0.05, 0) is 86.8 Å². The molecule has 1 unspecified atom stereocenters. The van der Waals surface area contributed by atoms with Crippen molar-refractivity contribution in [3.05, 3.63) is 88.9 Å². The van der Waals surface area contributed by atoms with E-state index in [1.165, 1.54) is 29.2 Å². The highest BCUT2D eigenvalue weighted by Gasteiger charge is 2.25. The number of amides is 1. The number of aliphatic hydroxyl groups excluding tert-OH is 1. The Bertz CT molecular complexity index is 1360.